The molecule has 0 aromatic rings. The lowest BCUT2D eigenvalue weighted by molar-refractivity contribution is 0.0154. The summed E-state index contributed by atoms with van der Waals surface area (Å²) >= 11 is 0. The number of rotatable bonds is 5. The Kier molecular flexibility index (Phi) is 6.17. The van der Waals surface area contributed by atoms with Crippen LogP contribution in [0.4, 0.5) is 0 Å². The molecule has 2 N–H and O–H groups in total. The van der Waals surface area contributed by atoms with Crippen LogP contribution in [0.2, 0.25) is 0 Å². The van der Waals surface area contributed by atoms with Gasteiger partial charge in [0.1, 0.15) is 0 Å². The molecule has 132 valence electrons. The van der Waals surface area contributed by atoms with Crippen LogP contribution < -0.4 is 10.6 Å². The van der Waals surface area contributed by atoms with Crippen LogP contribution in [0.3, 0.4) is 0 Å². The number of nitrogens with zero attached hydrogens (tertiary/aromatic N) is 3. The van der Waals surface area contributed by atoms with E-state index < -0.39 is 0 Å². The second-order valence-corrected chi connectivity index (χ2v) is 7.59. The van der Waals surface area contributed by atoms with Crippen molar-refractivity contribution in [1.29, 1.82) is 0 Å². The summed E-state index contributed by atoms with van der Waals surface area (Å²) in [5, 5.41) is 7.24. The summed E-state index contributed by atoms with van der Waals surface area (Å²) in [6, 6.07) is 1.26. The van der Waals surface area contributed by atoms with E-state index in [0.29, 0.717) is 12.1 Å². The van der Waals surface area contributed by atoms with E-state index in [1.807, 2.05) is 7.05 Å². The van der Waals surface area contributed by atoms with Crippen molar-refractivity contribution in [3.05, 3.63) is 0 Å². The van der Waals surface area contributed by atoms with Gasteiger partial charge in [0.2, 0.25) is 0 Å². The van der Waals surface area contributed by atoms with Gasteiger partial charge in [-0.1, -0.05) is 19.8 Å². The van der Waals surface area contributed by atoms with E-state index in [-0.39, 0.29) is 0 Å². The lowest BCUT2D eigenvalue weighted by atomic mass is 9.83. The Labute approximate surface area is 141 Å². The van der Waals surface area contributed by atoms with Crippen LogP contribution in [0.25, 0.3) is 0 Å². The Balaban J connectivity index is 1.39. The highest BCUT2D eigenvalue weighted by atomic mass is 15.4. The predicted octanol–water partition coefficient (Wildman–Crippen LogP) is 1.51. The number of hydrogen-bond acceptors (Lipinski definition) is 3. The van der Waals surface area contributed by atoms with E-state index in [9.17, 15) is 0 Å². The molecule has 3 aliphatic heterocycles. The Morgan fingerprint density at radius 1 is 1.09 bits per heavy atom. The first kappa shape index (κ1) is 17.0. The van der Waals surface area contributed by atoms with Gasteiger partial charge in [-0.25, -0.2) is 0 Å². The third-order valence-electron chi connectivity index (χ3n) is 6.01. The van der Waals surface area contributed by atoms with Crippen molar-refractivity contribution in [2.75, 3.05) is 46.3 Å². The molecule has 5 heteroatoms. The van der Waals surface area contributed by atoms with Crippen LogP contribution in [-0.4, -0.2) is 74.2 Å². The molecule has 0 spiro atoms. The summed E-state index contributed by atoms with van der Waals surface area (Å²) in [4.78, 5) is 9.68. The van der Waals surface area contributed by atoms with Gasteiger partial charge in [-0.05, 0) is 31.6 Å². The summed E-state index contributed by atoms with van der Waals surface area (Å²) in [5.41, 5.74) is 0. The van der Waals surface area contributed by atoms with Crippen molar-refractivity contribution >= 4 is 5.96 Å². The standard InChI is InChI=1S/C18H35N5/c1-3-4-15-5-7-16(8-6-15)21-18(19-2)20-13-17-14-22-9-11-23(17)12-10-22/h15-17H,3-14H2,1-2H3,(H2,19,20,21). The summed E-state index contributed by atoms with van der Waals surface area (Å²) in [7, 11) is 1.90. The average molecular weight is 322 g/mol. The molecule has 4 aliphatic rings. The van der Waals surface area contributed by atoms with E-state index in [2.05, 4.69) is 32.3 Å². The molecule has 1 aliphatic carbocycles. The van der Waals surface area contributed by atoms with Crippen LogP contribution in [-0.2, 0) is 0 Å². The van der Waals surface area contributed by atoms with Crippen molar-refractivity contribution in [3.8, 4) is 0 Å². The quantitative estimate of drug-likeness (QED) is 0.595. The van der Waals surface area contributed by atoms with Gasteiger partial charge in [0.25, 0.3) is 0 Å². The van der Waals surface area contributed by atoms with E-state index in [1.165, 1.54) is 71.2 Å². The third-order valence-corrected chi connectivity index (χ3v) is 6.01. The first-order valence-electron chi connectivity index (χ1n) is 9.72. The third kappa shape index (κ3) is 4.60. The fourth-order valence-corrected chi connectivity index (χ4v) is 4.52. The maximum absolute atomic E-state index is 4.45. The van der Waals surface area contributed by atoms with Gasteiger partial charge >= 0.3 is 0 Å². The van der Waals surface area contributed by atoms with Gasteiger partial charge in [-0.3, -0.25) is 14.8 Å². The lowest BCUT2D eigenvalue weighted by Crippen LogP contribution is -2.64. The largest absolute Gasteiger partial charge is 0.355 e. The molecule has 23 heavy (non-hydrogen) atoms. The molecule has 0 amide bonds. The number of aliphatic imine (C=N–C) groups is 1. The van der Waals surface area contributed by atoms with E-state index in [1.54, 1.807) is 0 Å². The Bertz CT molecular complexity index is 381. The molecule has 4 fully saturated rings. The maximum atomic E-state index is 4.45. The Morgan fingerprint density at radius 2 is 1.83 bits per heavy atom. The summed E-state index contributed by atoms with van der Waals surface area (Å²) in [6.07, 6.45) is 8.11. The number of hydrogen-bond donors (Lipinski definition) is 2. The minimum atomic E-state index is 0.612. The number of fused-ring (bicyclic) bond motifs is 3. The van der Waals surface area contributed by atoms with Gasteiger partial charge in [-0.15, -0.1) is 0 Å². The van der Waals surface area contributed by atoms with Gasteiger partial charge < -0.3 is 10.6 Å². The maximum Gasteiger partial charge on any atom is 0.191 e. The van der Waals surface area contributed by atoms with Gasteiger partial charge in [0, 0.05) is 58.4 Å². The normalized spacial score (nSPS) is 37.7. The highest BCUT2D eigenvalue weighted by Crippen LogP contribution is 2.27. The molecule has 1 unspecified atom stereocenters. The number of guanidine groups is 1. The molecule has 0 aromatic carbocycles. The molecule has 1 saturated carbocycles. The predicted molar refractivity (Wildman–Crippen MR) is 97.0 cm³/mol. The molecule has 3 heterocycles. The molecular weight excluding hydrogens is 286 g/mol. The van der Waals surface area contributed by atoms with Crippen LogP contribution >= 0.6 is 0 Å². The van der Waals surface area contributed by atoms with Gasteiger partial charge in [0.05, 0.1) is 0 Å². The van der Waals surface area contributed by atoms with Crippen molar-refractivity contribution in [2.45, 2.75) is 57.5 Å². The summed E-state index contributed by atoms with van der Waals surface area (Å²) in [6.45, 7) is 9.52. The van der Waals surface area contributed by atoms with Crippen LogP contribution in [0, 0.1) is 5.92 Å². The fourth-order valence-electron chi connectivity index (χ4n) is 4.52. The Hall–Kier alpha value is -0.810. The van der Waals surface area contributed by atoms with E-state index >= 15 is 0 Å². The van der Waals surface area contributed by atoms with Crippen LogP contribution in [0.1, 0.15) is 45.4 Å². The SMILES string of the molecule is CCCC1CCC(NC(=NC)NCC2CN3CCN2CC3)CC1. The first-order chi connectivity index (χ1) is 11.3. The van der Waals surface area contributed by atoms with E-state index in [0.717, 1.165) is 18.4 Å². The topological polar surface area (TPSA) is 42.9 Å². The van der Waals surface area contributed by atoms with Crippen LogP contribution in [0.15, 0.2) is 4.99 Å². The second kappa shape index (κ2) is 8.34. The smallest absolute Gasteiger partial charge is 0.191 e. The zero-order chi connectivity index (χ0) is 16.1. The molecule has 1 atom stereocenters. The molecule has 3 saturated heterocycles. The fraction of sp³-hybridized carbons (Fsp3) is 0.944. The second-order valence-electron chi connectivity index (χ2n) is 7.59. The van der Waals surface area contributed by atoms with Gasteiger partial charge in [0.15, 0.2) is 5.96 Å². The molecule has 5 nitrogen and oxygen atoms in total. The van der Waals surface area contributed by atoms with E-state index in [4.69, 9.17) is 0 Å². The minimum absolute atomic E-state index is 0.612. The monoisotopic (exact) mass is 321 g/mol. The average Bonchev–Trinajstić information content (AvgIpc) is 2.61. The zero-order valence-electron chi connectivity index (χ0n) is 15.1. The molecule has 4 rings (SSSR count). The number of piperazine rings is 3. The molecule has 2 bridgehead atoms. The summed E-state index contributed by atoms with van der Waals surface area (Å²) < 4.78 is 0. The lowest BCUT2D eigenvalue weighted by Gasteiger charge is -2.47. The molecule has 0 radical (unpaired) electrons. The van der Waals surface area contributed by atoms with Crippen molar-refractivity contribution in [3.63, 3.8) is 0 Å². The van der Waals surface area contributed by atoms with Crippen molar-refractivity contribution < 1.29 is 0 Å². The Morgan fingerprint density at radius 3 is 2.39 bits per heavy atom. The highest BCUT2D eigenvalue weighted by molar-refractivity contribution is 5.80. The highest BCUT2D eigenvalue weighted by Gasteiger charge is 2.31. The zero-order valence-corrected chi connectivity index (χ0v) is 15.1. The van der Waals surface area contributed by atoms with Crippen LogP contribution in [0.5, 0.6) is 0 Å². The number of nitrogens with one attached hydrogen (secondary N) is 2. The summed E-state index contributed by atoms with van der Waals surface area (Å²) in [5.74, 6) is 1.97. The van der Waals surface area contributed by atoms with Crippen molar-refractivity contribution in [1.82, 2.24) is 20.4 Å². The first-order valence-corrected chi connectivity index (χ1v) is 9.72. The molecule has 0 aromatic heterocycles. The minimum Gasteiger partial charge on any atom is -0.355 e. The van der Waals surface area contributed by atoms with Crippen molar-refractivity contribution in [2.24, 2.45) is 10.9 Å². The molecular formula is C18H35N5. The van der Waals surface area contributed by atoms with Gasteiger partial charge in [-0.2, -0.15) is 0 Å².